The monoisotopic (exact) mass is 330 g/mol. The van der Waals surface area contributed by atoms with Crippen LogP contribution in [0.5, 0.6) is 0 Å². The highest BCUT2D eigenvalue weighted by atomic mass is 127. The van der Waals surface area contributed by atoms with Crippen molar-refractivity contribution < 1.29 is 9.59 Å². The summed E-state index contributed by atoms with van der Waals surface area (Å²) in [5, 5.41) is 0. The largest absolute Gasteiger partial charge is 0.273 e. The van der Waals surface area contributed by atoms with Crippen molar-refractivity contribution in [2.24, 2.45) is 5.92 Å². The fourth-order valence-electron chi connectivity index (χ4n) is 1.24. The number of amides is 2. The summed E-state index contributed by atoms with van der Waals surface area (Å²) in [6, 6.07) is 7.14. The van der Waals surface area contributed by atoms with Crippen LogP contribution >= 0.6 is 22.6 Å². The Morgan fingerprint density at radius 2 is 1.75 bits per heavy atom. The van der Waals surface area contributed by atoms with Gasteiger partial charge in [-0.05, 0) is 59.7 Å². The van der Waals surface area contributed by atoms with E-state index in [1.807, 2.05) is 12.1 Å². The molecule has 0 aliphatic heterocycles. The third kappa shape index (κ3) is 2.94. The summed E-state index contributed by atoms with van der Waals surface area (Å²) < 4.78 is 1.07. The van der Waals surface area contributed by atoms with E-state index in [0.29, 0.717) is 5.56 Å². The first kappa shape index (κ1) is 11.4. The molecule has 0 spiro atoms. The second kappa shape index (κ2) is 4.82. The fourth-order valence-corrected chi connectivity index (χ4v) is 1.60. The molecular weight excluding hydrogens is 319 g/mol. The Labute approximate surface area is 107 Å². The van der Waals surface area contributed by atoms with E-state index < -0.39 is 0 Å². The SMILES string of the molecule is O=C(NNC(=O)C1CC1)c1ccc(I)cc1. The quantitative estimate of drug-likeness (QED) is 0.637. The predicted molar refractivity (Wildman–Crippen MR) is 67.5 cm³/mol. The Kier molecular flexibility index (Phi) is 3.42. The minimum absolute atomic E-state index is 0.0945. The molecule has 0 unspecified atom stereocenters. The normalized spacial score (nSPS) is 14.3. The van der Waals surface area contributed by atoms with Gasteiger partial charge in [0, 0.05) is 15.1 Å². The van der Waals surface area contributed by atoms with Gasteiger partial charge in [0.2, 0.25) is 5.91 Å². The van der Waals surface area contributed by atoms with Crippen LogP contribution in [-0.2, 0) is 4.79 Å². The van der Waals surface area contributed by atoms with Gasteiger partial charge in [0.1, 0.15) is 0 Å². The summed E-state index contributed by atoms with van der Waals surface area (Å²) in [6.07, 6.45) is 1.84. The molecule has 84 valence electrons. The first-order valence-electron chi connectivity index (χ1n) is 5.02. The van der Waals surface area contributed by atoms with Gasteiger partial charge in [-0.25, -0.2) is 0 Å². The molecule has 1 aromatic rings. The van der Waals surface area contributed by atoms with Crippen molar-refractivity contribution in [1.82, 2.24) is 10.9 Å². The van der Waals surface area contributed by atoms with Crippen LogP contribution in [0, 0.1) is 9.49 Å². The van der Waals surface area contributed by atoms with Crippen LogP contribution in [0.25, 0.3) is 0 Å². The minimum atomic E-state index is -0.287. The minimum Gasteiger partial charge on any atom is -0.273 e. The lowest BCUT2D eigenvalue weighted by atomic mass is 10.2. The van der Waals surface area contributed by atoms with Crippen molar-refractivity contribution in [3.63, 3.8) is 0 Å². The van der Waals surface area contributed by atoms with Gasteiger partial charge in [-0.3, -0.25) is 20.4 Å². The number of halogens is 1. The van der Waals surface area contributed by atoms with Crippen LogP contribution in [-0.4, -0.2) is 11.8 Å². The molecule has 1 aliphatic rings. The average molecular weight is 330 g/mol. The number of rotatable bonds is 2. The number of hydrogen-bond acceptors (Lipinski definition) is 2. The predicted octanol–water partition coefficient (Wildman–Crippen LogP) is 1.46. The lowest BCUT2D eigenvalue weighted by molar-refractivity contribution is -0.123. The molecule has 0 bridgehead atoms. The molecule has 2 rings (SSSR count). The van der Waals surface area contributed by atoms with Gasteiger partial charge in [-0.15, -0.1) is 0 Å². The summed E-state index contributed by atoms with van der Waals surface area (Å²) >= 11 is 2.17. The van der Waals surface area contributed by atoms with E-state index in [2.05, 4.69) is 33.4 Å². The van der Waals surface area contributed by atoms with E-state index in [9.17, 15) is 9.59 Å². The van der Waals surface area contributed by atoms with E-state index in [4.69, 9.17) is 0 Å². The van der Waals surface area contributed by atoms with Crippen LogP contribution in [0.3, 0.4) is 0 Å². The Morgan fingerprint density at radius 1 is 1.12 bits per heavy atom. The standard InChI is InChI=1S/C11H11IN2O2/c12-9-5-3-8(4-6-9)11(16)14-13-10(15)7-1-2-7/h3-7H,1-2H2,(H,13,15)(H,14,16). The van der Waals surface area contributed by atoms with Crippen molar-refractivity contribution in [3.05, 3.63) is 33.4 Å². The zero-order chi connectivity index (χ0) is 11.5. The van der Waals surface area contributed by atoms with Crippen molar-refractivity contribution in [3.8, 4) is 0 Å². The van der Waals surface area contributed by atoms with Crippen molar-refractivity contribution >= 4 is 34.4 Å². The van der Waals surface area contributed by atoms with Crippen molar-refractivity contribution in [2.45, 2.75) is 12.8 Å². The highest BCUT2D eigenvalue weighted by Crippen LogP contribution is 2.28. The van der Waals surface area contributed by atoms with E-state index in [1.165, 1.54) is 0 Å². The number of hydrazine groups is 1. The third-order valence-electron chi connectivity index (χ3n) is 2.35. The third-order valence-corrected chi connectivity index (χ3v) is 3.07. The van der Waals surface area contributed by atoms with Crippen LogP contribution < -0.4 is 10.9 Å². The maximum atomic E-state index is 11.6. The molecule has 0 aromatic heterocycles. The molecule has 4 nitrogen and oxygen atoms in total. The average Bonchev–Trinajstić information content (AvgIpc) is 3.10. The molecule has 2 N–H and O–H groups in total. The molecule has 0 atom stereocenters. The second-order valence-electron chi connectivity index (χ2n) is 3.72. The number of carbonyl (C=O) groups excluding carboxylic acids is 2. The lowest BCUT2D eigenvalue weighted by Gasteiger charge is -2.06. The van der Waals surface area contributed by atoms with Gasteiger partial charge in [-0.1, -0.05) is 0 Å². The fraction of sp³-hybridized carbons (Fsp3) is 0.273. The first-order valence-corrected chi connectivity index (χ1v) is 6.10. The molecule has 5 heteroatoms. The summed E-state index contributed by atoms with van der Waals surface area (Å²) in [5.41, 5.74) is 5.35. The maximum absolute atomic E-state index is 11.6. The zero-order valence-corrected chi connectivity index (χ0v) is 10.7. The molecule has 1 aliphatic carbocycles. The molecule has 1 fully saturated rings. The molecule has 16 heavy (non-hydrogen) atoms. The Morgan fingerprint density at radius 3 is 2.31 bits per heavy atom. The van der Waals surface area contributed by atoms with Gasteiger partial charge in [0.15, 0.2) is 0 Å². The number of hydrogen-bond donors (Lipinski definition) is 2. The highest BCUT2D eigenvalue weighted by molar-refractivity contribution is 14.1. The molecular formula is C11H11IN2O2. The van der Waals surface area contributed by atoms with Crippen LogP contribution in [0.2, 0.25) is 0 Å². The molecule has 0 heterocycles. The molecule has 1 saturated carbocycles. The summed E-state index contributed by atoms with van der Waals surface area (Å²) in [4.78, 5) is 22.8. The van der Waals surface area contributed by atoms with E-state index >= 15 is 0 Å². The van der Waals surface area contributed by atoms with E-state index in [-0.39, 0.29) is 17.7 Å². The molecule has 0 radical (unpaired) electrons. The zero-order valence-electron chi connectivity index (χ0n) is 8.50. The van der Waals surface area contributed by atoms with Crippen molar-refractivity contribution in [2.75, 3.05) is 0 Å². The molecule has 1 aromatic carbocycles. The summed E-state index contributed by atoms with van der Waals surface area (Å²) in [7, 11) is 0. The van der Waals surface area contributed by atoms with Gasteiger partial charge in [0.25, 0.3) is 5.91 Å². The van der Waals surface area contributed by atoms with Gasteiger partial charge < -0.3 is 0 Å². The van der Waals surface area contributed by atoms with Gasteiger partial charge >= 0.3 is 0 Å². The first-order chi connectivity index (χ1) is 7.66. The van der Waals surface area contributed by atoms with Crippen LogP contribution in [0.1, 0.15) is 23.2 Å². The topological polar surface area (TPSA) is 58.2 Å². The smallest absolute Gasteiger partial charge is 0.269 e. The lowest BCUT2D eigenvalue weighted by Crippen LogP contribution is -2.42. The van der Waals surface area contributed by atoms with E-state index in [1.54, 1.807) is 12.1 Å². The second-order valence-corrected chi connectivity index (χ2v) is 4.97. The molecule has 2 amide bonds. The summed E-state index contributed by atoms with van der Waals surface area (Å²) in [5.74, 6) is -0.290. The number of benzene rings is 1. The Bertz CT molecular complexity index is 412. The van der Waals surface area contributed by atoms with Crippen molar-refractivity contribution in [1.29, 1.82) is 0 Å². The number of nitrogens with one attached hydrogen (secondary N) is 2. The van der Waals surface area contributed by atoms with Crippen LogP contribution in [0.15, 0.2) is 24.3 Å². The van der Waals surface area contributed by atoms with Gasteiger partial charge in [0.05, 0.1) is 0 Å². The highest BCUT2D eigenvalue weighted by Gasteiger charge is 2.29. The summed E-state index contributed by atoms with van der Waals surface area (Å²) in [6.45, 7) is 0. The number of carbonyl (C=O) groups is 2. The van der Waals surface area contributed by atoms with Gasteiger partial charge in [-0.2, -0.15) is 0 Å². The van der Waals surface area contributed by atoms with E-state index in [0.717, 1.165) is 16.4 Å². The Hall–Kier alpha value is -1.11. The Balaban J connectivity index is 1.87. The molecule has 0 saturated heterocycles. The maximum Gasteiger partial charge on any atom is 0.269 e. The van der Waals surface area contributed by atoms with Crippen LogP contribution in [0.4, 0.5) is 0 Å².